The zero-order chi connectivity index (χ0) is 16.1. The van der Waals surface area contributed by atoms with Crippen LogP contribution in [0.4, 0.5) is 8.78 Å². The number of halogens is 2. The number of rotatable bonds is 6. The molecule has 1 heterocycles. The quantitative estimate of drug-likeness (QED) is 0.862. The summed E-state index contributed by atoms with van der Waals surface area (Å²) in [6, 6.07) is 9.06. The zero-order valence-electron chi connectivity index (χ0n) is 12.7. The van der Waals surface area contributed by atoms with E-state index < -0.39 is 5.82 Å². The summed E-state index contributed by atoms with van der Waals surface area (Å²) in [6.45, 7) is 4.09. The lowest BCUT2D eigenvalue weighted by atomic mass is 10.1. The minimum atomic E-state index is -0.434. The van der Waals surface area contributed by atoms with Gasteiger partial charge in [-0.1, -0.05) is 19.1 Å². The molecule has 1 aromatic heterocycles. The van der Waals surface area contributed by atoms with E-state index >= 15 is 0 Å². The highest BCUT2D eigenvalue weighted by atomic mass is 19.1. The molecule has 0 saturated carbocycles. The molecule has 2 aromatic rings. The summed E-state index contributed by atoms with van der Waals surface area (Å²) in [6.07, 6.45) is 0. The first-order valence-electron chi connectivity index (χ1n) is 7.27. The molecule has 2 rings (SSSR count). The standard InChI is InChI=1S/C17H20F2N2O/c1-11(10-22)12(2)20-9-17-15(19)7-8-16(21-17)13-5-3-4-6-14(13)18/h3-8,11-12,20,22H,9-10H2,1-2H3/t11?,12-/m1/s1. The summed E-state index contributed by atoms with van der Waals surface area (Å²) in [7, 11) is 0. The maximum atomic E-state index is 13.9. The predicted molar refractivity (Wildman–Crippen MR) is 82.1 cm³/mol. The molecule has 2 N–H and O–H groups in total. The van der Waals surface area contributed by atoms with Crippen molar-refractivity contribution in [1.29, 1.82) is 0 Å². The molecule has 2 atom stereocenters. The maximum Gasteiger partial charge on any atom is 0.146 e. The van der Waals surface area contributed by atoms with Crippen molar-refractivity contribution in [3.05, 3.63) is 53.7 Å². The Bertz CT molecular complexity index is 634. The average molecular weight is 306 g/mol. The topological polar surface area (TPSA) is 45.1 Å². The highest BCUT2D eigenvalue weighted by Gasteiger charge is 2.14. The van der Waals surface area contributed by atoms with E-state index in [4.69, 9.17) is 5.11 Å². The van der Waals surface area contributed by atoms with Gasteiger partial charge in [0.1, 0.15) is 11.6 Å². The van der Waals surface area contributed by atoms with Gasteiger partial charge >= 0.3 is 0 Å². The summed E-state index contributed by atoms with van der Waals surface area (Å²) in [4.78, 5) is 4.22. The fraction of sp³-hybridized carbons (Fsp3) is 0.353. The number of nitrogens with one attached hydrogen (secondary N) is 1. The summed E-state index contributed by atoms with van der Waals surface area (Å²) in [5, 5.41) is 12.2. The number of benzene rings is 1. The van der Waals surface area contributed by atoms with Crippen molar-refractivity contribution in [3.8, 4) is 11.3 Å². The van der Waals surface area contributed by atoms with Crippen LogP contribution in [0.5, 0.6) is 0 Å². The highest BCUT2D eigenvalue weighted by molar-refractivity contribution is 5.59. The Morgan fingerprint density at radius 2 is 1.82 bits per heavy atom. The second-order valence-corrected chi connectivity index (χ2v) is 5.43. The molecule has 0 bridgehead atoms. The molecule has 118 valence electrons. The lowest BCUT2D eigenvalue weighted by Gasteiger charge is -2.19. The van der Waals surface area contributed by atoms with Crippen LogP contribution in [0.3, 0.4) is 0 Å². The Labute approximate surface area is 129 Å². The monoisotopic (exact) mass is 306 g/mol. The van der Waals surface area contributed by atoms with Gasteiger partial charge in [-0.05, 0) is 37.1 Å². The Hall–Kier alpha value is -1.85. The number of hydrogen-bond acceptors (Lipinski definition) is 3. The van der Waals surface area contributed by atoms with Gasteiger partial charge in [-0.2, -0.15) is 0 Å². The molecule has 5 heteroatoms. The van der Waals surface area contributed by atoms with E-state index in [1.54, 1.807) is 18.2 Å². The van der Waals surface area contributed by atoms with E-state index in [0.717, 1.165) is 0 Å². The molecule has 0 aliphatic heterocycles. The number of aliphatic hydroxyl groups excluding tert-OH is 1. The van der Waals surface area contributed by atoms with E-state index in [1.165, 1.54) is 18.2 Å². The minimum Gasteiger partial charge on any atom is -0.396 e. The second-order valence-electron chi connectivity index (χ2n) is 5.43. The van der Waals surface area contributed by atoms with E-state index in [9.17, 15) is 8.78 Å². The van der Waals surface area contributed by atoms with Crippen LogP contribution in [0.2, 0.25) is 0 Å². The van der Waals surface area contributed by atoms with Crippen LogP contribution >= 0.6 is 0 Å². The fourth-order valence-corrected chi connectivity index (χ4v) is 2.04. The van der Waals surface area contributed by atoms with Crippen LogP contribution in [-0.4, -0.2) is 22.7 Å². The van der Waals surface area contributed by atoms with E-state index in [0.29, 0.717) is 11.3 Å². The third-order valence-corrected chi connectivity index (χ3v) is 3.80. The largest absolute Gasteiger partial charge is 0.396 e. The fourth-order valence-electron chi connectivity index (χ4n) is 2.04. The molecule has 22 heavy (non-hydrogen) atoms. The zero-order valence-corrected chi connectivity index (χ0v) is 12.7. The molecule has 1 unspecified atom stereocenters. The van der Waals surface area contributed by atoms with Gasteiger partial charge < -0.3 is 10.4 Å². The van der Waals surface area contributed by atoms with Crippen LogP contribution in [0.15, 0.2) is 36.4 Å². The lowest BCUT2D eigenvalue weighted by molar-refractivity contribution is 0.206. The predicted octanol–water partition coefficient (Wildman–Crippen LogP) is 3.13. The Balaban J connectivity index is 2.19. The first-order valence-corrected chi connectivity index (χ1v) is 7.27. The number of nitrogens with zero attached hydrogens (tertiary/aromatic N) is 1. The number of hydrogen-bond donors (Lipinski definition) is 2. The van der Waals surface area contributed by atoms with Crippen molar-refractivity contribution in [3.63, 3.8) is 0 Å². The van der Waals surface area contributed by atoms with Crippen molar-refractivity contribution in [1.82, 2.24) is 10.3 Å². The van der Waals surface area contributed by atoms with Crippen LogP contribution in [0.25, 0.3) is 11.3 Å². The molecule has 0 aliphatic carbocycles. The van der Waals surface area contributed by atoms with E-state index in [-0.39, 0.29) is 36.6 Å². The molecule has 0 radical (unpaired) electrons. The van der Waals surface area contributed by atoms with Gasteiger partial charge in [-0.15, -0.1) is 0 Å². The van der Waals surface area contributed by atoms with Gasteiger partial charge in [0.25, 0.3) is 0 Å². The molecule has 0 spiro atoms. The first kappa shape index (κ1) is 16.5. The Morgan fingerprint density at radius 3 is 2.50 bits per heavy atom. The highest BCUT2D eigenvalue weighted by Crippen LogP contribution is 2.21. The summed E-state index contributed by atoms with van der Waals surface area (Å²) in [5.41, 5.74) is 0.984. The van der Waals surface area contributed by atoms with Crippen LogP contribution in [-0.2, 0) is 6.54 Å². The van der Waals surface area contributed by atoms with Crippen molar-refractivity contribution < 1.29 is 13.9 Å². The normalized spacial score (nSPS) is 13.9. The SMILES string of the molecule is CC(CO)[C@@H](C)NCc1nc(-c2ccccc2F)ccc1F. The molecule has 0 aliphatic rings. The molecule has 3 nitrogen and oxygen atoms in total. The summed E-state index contributed by atoms with van der Waals surface area (Å²) < 4.78 is 27.7. The van der Waals surface area contributed by atoms with E-state index in [2.05, 4.69) is 10.3 Å². The van der Waals surface area contributed by atoms with Crippen molar-refractivity contribution >= 4 is 0 Å². The number of aromatic nitrogens is 1. The summed E-state index contributed by atoms with van der Waals surface area (Å²) >= 11 is 0. The molecule has 0 fully saturated rings. The number of pyridine rings is 1. The van der Waals surface area contributed by atoms with Crippen molar-refractivity contribution in [2.45, 2.75) is 26.4 Å². The van der Waals surface area contributed by atoms with Gasteiger partial charge in [0, 0.05) is 24.8 Å². The van der Waals surface area contributed by atoms with Gasteiger partial charge in [0.05, 0.1) is 11.4 Å². The molecule has 0 saturated heterocycles. The Morgan fingerprint density at radius 1 is 1.09 bits per heavy atom. The van der Waals surface area contributed by atoms with Gasteiger partial charge in [-0.25, -0.2) is 13.8 Å². The minimum absolute atomic E-state index is 0.0170. The smallest absolute Gasteiger partial charge is 0.146 e. The van der Waals surface area contributed by atoms with Gasteiger partial charge in [-0.3, -0.25) is 0 Å². The maximum absolute atomic E-state index is 13.9. The average Bonchev–Trinajstić information content (AvgIpc) is 2.53. The lowest BCUT2D eigenvalue weighted by Crippen LogP contribution is -2.33. The molecular weight excluding hydrogens is 286 g/mol. The van der Waals surface area contributed by atoms with Crippen LogP contribution < -0.4 is 5.32 Å². The van der Waals surface area contributed by atoms with Crippen molar-refractivity contribution in [2.75, 3.05) is 6.61 Å². The second kappa shape index (κ2) is 7.42. The van der Waals surface area contributed by atoms with Gasteiger partial charge in [0.2, 0.25) is 0 Å². The molecule has 1 aromatic carbocycles. The van der Waals surface area contributed by atoms with Gasteiger partial charge in [0.15, 0.2) is 0 Å². The van der Waals surface area contributed by atoms with Crippen LogP contribution in [0.1, 0.15) is 19.5 Å². The summed E-state index contributed by atoms with van der Waals surface area (Å²) in [5.74, 6) is -0.767. The third kappa shape index (κ3) is 3.87. The third-order valence-electron chi connectivity index (χ3n) is 3.80. The van der Waals surface area contributed by atoms with Crippen molar-refractivity contribution in [2.24, 2.45) is 5.92 Å². The first-order chi connectivity index (χ1) is 10.5. The Kier molecular flexibility index (Phi) is 5.57. The molecule has 0 amide bonds. The van der Waals surface area contributed by atoms with E-state index in [1.807, 2.05) is 13.8 Å². The van der Waals surface area contributed by atoms with Crippen LogP contribution in [0, 0.1) is 17.6 Å². The molecular formula is C17H20F2N2O. The number of aliphatic hydroxyl groups is 1.